The molecule has 3 aromatic rings. The number of benzene rings is 3. The Kier molecular flexibility index (Phi) is 10.3. The van der Waals surface area contributed by atoms with Crippen LogP contribution in [0.4, 0.5) is 13.2 Å². The molecule has 0 heterocycles. The Morgan fingerprint density at radius 3 is 2.17 bits per heavy atom. The SMILES string of the molecule is COc1ccc(CNC(=O)C(Cc2ccccc2)N=C(N)NC(=O)Cc2ccc(OC(F)(F)F)cc2)cc1OC. The van der Waals surface area contributed by atoms with E-state index in [1.54, 1.807) is 18.2 Å². The summed E-state index contributed by atoms with van der Waals surface area (Å²) in [5.74, 6) is -0.586. The maximum absolute atomic E-state index is 13.1. The molecule has 40 heavy (non-hydrogen) atoms. The van der Waals surface area contributed by atoms with Crippen molar-refractivity contribution < 1.29 is 37.0 Å². The molecule has 0 bridgehead atoms. The van der Waals surface area contributed by atoms with Crippen molar-refractivity contribution >= 4 is 17.8 Å². The number of alkyl halides is 3. The van der Waals surface area contributed by atoms with Crippen molar-refractivity contribution in [2.75, 3.05) is 14.2 Å². The number of rotatable bonds is 11. The molecule has 1 atom stereocenters. The topological polar surface area (TPSA) is 124 Å². The van der Waals surface area contributed by atoms with Crippen LogP contribution in [0.5, 0.6) is 17.2 Å². The normalized spacial score (nSPS) is 12.3. The predicted molar refractivity (Wildman–Crippen MR) is 142 cm³/mol. The highest BCUT2D eigenvalue weighted by Gasteiger charge is 2.31. The summed E-state index contributed by atoms with van der Waals surface area (Å²) in [6.07, 6.45) is -4.78. The highest BCUT2D eigenvalue weighted by molar-refractivity contribution is 5.98. The van der Waals surface area contributed by atoms with Crippen LogP contribution < -0.4 is 30.6 Å². The van der Waals surface area contributed by atoms with Gasteiger partial charge in [0.05, 0.1) is 20.6 Å². The van der Waals surface area contributed by atoms with Crippen molar-refractivity contribution in [3.63, 3.8) is 0 Å². The first-order valence-electron chi connectivity index (χ1n) is 12.1. The van der Waals surface area contributed by atoms with Crippen LogP contribution in [-0.4, -0.2) is 44.4 Å². The fraction of sp³-hybridized carbons (Fsp3) is 0.250. The van der Waals surface area contributed by atoms with E-state index < -0.39 is 30.0 Å². The Morgan fingerprint density at radius 2 is 1.55 bits per heavy atom. The number of carbonyl (C=O) groups is 2. The van der Waals surface area contributed by atoms with Gasteiger partial charge in [0.15, 0.2) is 17.5 Å². The summed E-state index contributed by atoms with van der Waals surface area (Å²) in [7, 11) is 3.04. The Hall–Kier alpha value is -4.74. The summed E-state index contributed by atoms with van der Waals surface area (Å²) in [4.78, 5) is 29.8. The number of nitrogens with zero attached hydrogens (tertiary/aromatic N) is 1. The zero-order valence-corrected chi connectivity index (χ0v) is 21.8. The van der Waals surface area contributed by atoms with Gasteiger partial charge in [0.2, 0.25) is 11.8 Å². The minimum absolute atomic E-state index is 0.181. The van der Waals surface area contributed by atoms with Crippen LogP contribution >= 0.6 is 0 Å². The van der Waals surface area contributed by atoms with Gasteiger partial charge < -0.3 is 25.3 Å². The van der Waals surface area contributed by atoms with Crippen molar-refractivity contribution in [1.29, 1.82) is 0 Å². The summed E-state index contributed by atoms with van der Waals surface area (Å²) in [5, 5.41) is 5.25. The lowest BCUT2D eigenvalue weighted by molar-refractivity contribution is -0.274. The van der Waals surface area contributed by atoms with Gasteiger partial charge in [0, 0.05) is 13.0 Å². The lowest BCUT2D eigenvalue weighted by Crippen LogP contribution is -2.42. The van der Waals surface area contributed by atoms with Crippen molar-refractivity contribution in [3.8, 4) is 17.2 Å². The molecule has 0 spiro atoms. The number of ether oxygens (including phenoxy) is 3. The van der Waals surface area contributed by atoms with Gasteiger partial charge in [-0.2, -0.15) is 0 Å². The van der Waals surface area contributed by atoms with Crippen molar-refractivity contribution in [2.24, 2.45) is 10.7 Å². The van der Waals surface area contributed by atoms with Gasteiger partial charge in [-0.3, -0.25) is 14.9 Å². The van der Waals surface area contributed by atoms with Gasteiger partial charge >= 0.3 is 6.36 Å². The molecule has 212 valence electrons. The molecular formula is C28H29F3N4O5. The van der Waals surface area contributed by atoms with Gasteiger partial charge in [0.25, 0.3) is 0 Å². The minimum atomic E-state index is -4.81. The zero-order valence-electron chi connectivity index (χ0n) is 21.8. The molecule has 0 fully saturated rings. The van der Waals surface area contributed by atoms with Gasteiger partial charge in [0.1, 0.15) is 11.8 Å². The lowest BCUT2D eigenvalue weighted by Gasteiger charge is -2.16. The molecule has 0 aromatic heterocycles. The predicted octanol–water partition coefficient (Wildman–Crippen LogP) is 3.50. The largest absolute Gasteiger partial charge is 0.573 e. The number of carbonyl (C=O) groups excluding carboxylic acids is 2. The van der Waals surface area contributed by atoms with E-state index in [2.05, 4.69) is 20.4 Å². The summed E-state index contributed by atoms with van der Waals surface area (Å²) in [5.41, 5.74) is 7.97. The van der Waals surface area contributed by atoms with Crippen LogP contribution in [0.25, 0.3) is 0 Å². The Balaban J connectivity index is 1.66. The summed E-state index contributed by atoms with van der Waals surface area (Å²) >= 11 is 0. The van der Waals surface area contributed by atoms with Gasteiger partial charge in [-0.1, -0.05) is 48.5 Å². The van der Waals surface area contributed by atoms with E-state index in [1.165, 1.54) is 26.4 Å². The second-order valence-corrected chi connectivity index (χ2v) is 8.54. The Labute approximate surface area is 229 Å². The first kappa shape index (κ1) is 29.8. The molecule has 0 aliphatic carbocycles. The Bertz CT molecular complexity index is 1320. The average Bonchev–Trinajstić information content (AvgIpc) is 2.92. The smallest absolute Gasteiger partial charge is 0.493 e. The van der Waals surface area contributed by atoms with Crippen LogP contribution in [0.1, 0.15) is 16.7 Å². The monoisotopic (exact) mass is 558 g/mol. The van der Waals surface area contributed by atoms with Gasteiger partial charge in [-0.15, -0.1) is 13.2 Å². The van der Waals surface area contributed by atoms with E-state index in [1.807, 2.05) is 30.3 Å². The second-order valence-electron chi connectivity index (χ2n) is 8.54. The fourth-order valence-electron chi connectivity index (χ4n) is 3.71. The van der Waals surface area contributed by atoms with E-state index in [4.69, 9.17) is 15.2 Å². The van der Waals surface area contributed by atoms with E-state index in [9.17, 15) is 22.8 Å². The molecule has 3 rings (SSSR count). The molecule has 0 saturated carbocycles. The minimum Gasteiger partial charge on any atom is -0.493 e. The second kappa shape index (κ2) is 13.9. The molecule has 9 nitrogen and oxygen atoms in total. The average molecular weight is 559 g/mol. The molecule has 12 heteroatoms. The van der Waals surface area contributed by atoms with Gasteiger partial charge in [-0.05, 0) is 41.0 Å². The third kappa shape index (κ3) is 9.53. The van der Waals surface area contributed by atoms with Crippen molar-refractivity contribution in [3.05, 3.63) is 89.5 Å². The number of amides is 2. The number of nitrogens with two attached hydrogens (primary N) is 1. The molecular weight excluding hydrogens is 529 g/mol. The zero-order chi connectivity index (χ0) is 29.1. The summed E-state index contributed by atoms with van der Waals surface area (Å²) in [6, 6.07) is 18.3. The van der Waals surface area contributed by atoms with E-state index in [0.717, 1.165) is 23.3 Å². The number of guanidine groups is 1. The van der Waals surface area contributed by atoms with Crippen molar-refractivity contribution in [1.82, 2.24) is 10.6 Å². The number of aliphatic imine (C=N–C) groups is 1. The number of nitrogens with one attached hydrogen (secondary N) is 2. The fourth-order valence-corrected chi connectivity index (χ4v) is 3.71. The molecule has 0 aliphatic rings. The highest BCUT2D eigenvalue weighted by atomic mass is 19.4. The molecule has 0 saturated heterocycles. The van der Waals surface area contributed by atoms with Crippen LogP contribution in [0, 0.1) is 0 Å². The van der Waals surface area contributed by atoms with Crippen LogP contribution in [0.15, 0.2) is 77.8 Å². The molecule has 3 aromatic carbocycles. The number of methoxy groups -OCH3 is 2. The summed E-state index contributed by atoms with van der Waals surface area (Å²) < 4.78 is 51.4. The van der Waals surface area contributed by atoms with Crippen LogP contribution in [0.3, 0.4) is 0 Å². The van der Waals surface area contributed by atoms with Crippen LogP contribution in [0.2, 0.25) is 0 Å². The van der Waals surface area contributed by atoms with Gasteiger partial charge in [-0.25, -0.2) is 4.99 Å². The third-order valence-electron chi connectivity index (χ3n) is 5.57. The Morgan fingerprint density at radius 1 is 0.900 bits per heavy atom. The van der Waals surface area contributed by atoms with Crippen molar-refractivity contribution in [2.45, 2.75) is 31.8 Å². The molecule has 0 radical (unpaired) electrons. The van der Waals surface area contributed by atoms with E-state index >= 15 is 0 Å². The standard InChI is InChI=1S/C28H29F3N4O5/c1-38-23-13-10-20(15-24(23)39-2)17-33-26(37)22(14-18-6-4-3-5-7-18)34-27(32)35-25(36)16-19-8-11-21(12-9-19)40-28(29,30)31/h3-13,15,22H,14,16-17H2,1-2H3,(H,33,37)(H3,32,34,35,36). The molecule has 0 aliphatic heterocycles. The maximum Gasteiger partial charge on any atom is 0.573 e. The quantitative estimate of drug-likeness (QED) is 0.245. The summed E-state index contributed by atoms with van der Waals surface area (Å²) in [6.45, 7) is 0.181. The van der Waals surface area contributed by atoms with E-state index in [0.29, 0.717) is 17.1 Å². The number of hydrogen-bond donors (Lipinski definition) is 3. The molecule has 2 amide bonds. The van der Waals surface area contributed by atoms with E-state index in [-0.39, 0.29) is 25.3 Å². The highest BCUT2D eigenvalue weighted by Crippen LogP contribution is 2.27. The first-order chi connectivity index (χ1) is 19.1. The number of halogens is 3. The first-order valence-corrected chi connectivity index (χ1v) is 12.1. The molecule has 1 unspecified atom stereocenters. The lowest BCUT2D eigenvalue weighted by atomic mass is 10.1. The molecule has 4 N–H and O–H groups in total. The maximum atomic E-state index is 13.1. The van der Waals surface area contributed by atoms with Crippen LogP contribution in [-0.2, 0) is 29.0 Å². The number of hydrogen-bond acceptors (Lipinski definition) is 6. The third-order valence-corrected chi connectivity index (χ3v) is 5.57.